The third kappa shape index (κ3) is 2.26. The van der Waals surface area contributed by atoms with Crippen molar-refractivity contribution in [2.45, 2.75) is 32.3 Å². The number of aromatic nitrogens is 1. The molecule has 3 rings (SSSR count). The molecular formula is C15H17NO2. The summed E-state index contributed by atoms with van der Waals surface area (Å²) in [7, 11) is 0. The van der Waals surface area contributed by atoms with Crippen molar-refractivity contribution in [2.24, 2.45) is 5.92 Å². The summed E-state index contributed by atoms with van der Waals surface area (Å²) in [5, 5.41) is 1.11. The maximum Gasteiger partial charge on any atom is 0.310 e. The fraction of sp³-hybridized carbons (Fsp3) is 0.400. The quantitative estimate of drug-likeness (QED) is 0.838. The number of fused-ring (bicyclic) bond motifs is 1. The molecule has 94 valence electrons. The summed E-state index contributed by atoms with van der Waals surface area (Å²) in [5.41, 5.74) is 2.08. The van der Waals surface area contributed by atoms with Gasteiger partial charge < -0.3 is 9.72 Å². The lowest BCUT2D eigenvalue weighted by Crippen LogP contribution is -2.18. The number of hydrogen-bond donors (Lipinski definition) is 1. The molecular weight excluding hydrogens is 226 g/mol. The van der Waals surface area contributed by atoms with Gasteiger partial charge in [0.05, 0.1) is 6.42 Å². The first-order valence-electron chi connectivity index (χ1n) is 6.48. The van der Waals surface area contributed by atoms with Crippen LogP contribution in [0.1, 0.15) is 25.3 Å². The minimum Gasteiger partial charge on any atom is -0.462 e. The first-order chi connectivity index (χ1) is 8.74. The zero-order valence-corrected chi connectivity index (χ0v) is 10.5. The molecule has 0 bridgehead atoms. The van der Waals surface area contributed by atoms with E-state index < -0.39 is 0 Å². The predicted molar refractivity (Wildman–Crippen MR) is 70.3 cm³/mol. The van der Waals surface area contributed by atoms with Gasteiger partial charge in [-0.2, -0.15) is 0 Å². The van der Waals surface area contributed by atoms with Crippen molar-refractivity contribution in [1.82, 2.24) is 4.98 Å². The summed E-state index contributed by atoms with van der Waals surface area (Å²) in [5.74, 6) is 0.469. The van der Waals surface area contributed by atoms with E-state index >= 15 is 0 Å². The maximum atomic E-state index is 11.9. The van der Waals surface area contributed by atoms with E-state index in [0.29, 0.717) is 12.3 Å². The Labute approximate surface area is 106 Å². The average Bonchev–Trinajstić information content (AvgIpc) is 3.14. The van der Waals surface area contributed by atoms with Crippen LogP contribution in [0.25, 0.3) is 10.9 Å². The normalized spacial score (nSPS) is 16.7. The molecule has 1 aliphatic carbocycles. The van der Waals surface area contributed by atoms with Crippen LogP contribution in [-0.4, -0.2) is 17.1 Å². The van der Waals surface area contributed by atoms with Gasteiger partial charge in [-0.3, -0.25) is 4.79 Å². The molecule has 1 heterocycles. The van der Waals surface area contributed by atoms with Crippen LogP contribution in [0.5, 0.6) is 0 Å². The average molecular weight is 243 g/mol. The molecule has 0 saturated heterocycles. The second-order valence-corrected chi connectivity index (χ2v) is 5.07. The summed E-state index contributed by atoms with van der Waals surface area (Å²) < 4.78 is 5.44. The van der Waals surface area contributed by atoms with Crippen LogP contribution < -0.4 is 0 Å². The third-order valence-corrected chi connectivity index (χ3v) is 3.61. The summed E-state index contributed by atoms with van der Waals surface area (Å²) in [6.45, 7) is 1.99. The van der Waals surface area contributed by atoms with Crippen LogP contribution >= 0.6 is 0 Å². The lowest BCUT2D eigenvalue weighted by atomic mass is 10.1. The SMILES string of the molecule is CC(OC(=O)Cc1c[nH]c2ccccc12)C1CC1. The first kappa shape index (κ1) is 11.3. The first-order valence-corrected chi connectivity index (χ1v) is 6.48. The van der Waals surface area contributed by atoms with Crippen LogP contribution in [0.2, 0.25) is 0 Å². The number of benzene rings is 1. The number of carbonyl (C=O) groups excluding carboxylic acids is 1. The van der Waals surface area contributed by atoms with E-state index in [4.69, 9.17) is 4.74 Å². The minimum atomic E-state index is -0.126. The summed E-state index contributed by atoms with van der Waals surface area (Å²) in [4.78, 5) is 15.0. The van der Waals surface area contributed by atoms with Gasteiger partial charge in [0.15, 0.2) is 0 Å². The number of aromatic amines is 1. The number of esters is 1. The molecule has 0 spiro atoms. The van der Waals surface area contributed by atoms with Crippen LogP contribution in [0.15, 0.2) is 30.5 Å². The molecule has 3 nitrogen and oxygen atoms in total. The highest BCUT2D eigenvalue weighted by Crippen LogP contribution is 2.34. The molecule has 1 unspecified atom stereocenters. The van der Waals surface area contributed by atoms with Gasteiger partial charge in [-0.05, 0) is 37.3 Å². The Morgan fingerprint density at radius 3 is 3.00 bits per heavy atom. The fourth-order valence-corrected chi connectivity index (χ4v) is 2.34. The van der Waals surface area contributed by atoms with Crippen molar-refractivity contribution in [3.05, 3.63) is 36.0 Å². The molecule has 3 heteroatoms. The summed E-state index contributed by atoms with van der Waals surface area (Å²) in [6.07, 6.45) is 4.71. The summed E-state index contributed by atoms with van der Waals surface area (Å²) in [6, 6.07) is 8.00. The Bertz CT molecular complexity index is 569. The summed E-state index contributed by atoms with van der Waals surface area (Å²) >= 11 is 0. The number of para-hydroxylation sites is 1. The van der Waals surface area contributed by atoms with Crippen molar-refractivity contribution in [2.75, 3.05) is 0 Å². The number of nitrogens with one attached hydrogen (secondary N) is 1. The van der Waals surface area contributed by atoms with Crippen molar-refractivity contribution in [3.63, 3.8) is 0 Å². The zero-order chi connectivity index (χ0) is 12.5. The van der Waals surface area contributed by atoms with E-state index in [1.165, 1.54) is 12.8 Å². The highest BCUT2D eigenvalue weighted by atomic mass is 16.5. The molecule has 1 saturated carbocycles. The van der Waals surface area contributed by atoms with Crippen LogP contribution in [-0.2, 0) is 16.0 Å². The van der Waals surface area contributed by atoms with Crippen LogP contribution in [0.3, 0.4) is 0 Å². The smallest absolute Gasteiger partial charge is 0.310 e. The second kappa shape index (κ2) is 4.48. The minimum absolute atomic E-state index is 0.0720. The maximum absolute atomic E-state index is 11.9. The monoisotopic (exact) mass is 243 g/mol. The van der Waals surface area contributed by atoms with Gasteiger partial charge in [-0.1, -0.05) is 18.2 Å². The van der Waals surface area contributed by atoms with Gasteiger partial charge in [0, 0.05) is 17.1 Å². The predicted octanol–water partition coefficient (Wildman–Crippen LogP) is 3.05. The molecule has 1 fully saturated rings. The van der Waals surface area contributed by atoms with E-state index in [9.17, 15) is 4.79 Å². The third-order valence-electron chi connectivity index (χ3n) is 3.61. The highest BCUT2D eigenvalue weighted by Gasteiger charge is 2.30. The van der Waals surface area contributed by atoms with Gasteiger partial charge >= 0.3 is 5.97 Å². The fourth-order valence-electron chi connectivity index (χ4n) is 2.34. The molecule has 1 aliphatic rings. The Hall–Kier alpha value is -1.77. The number of hydrogen-bond acceptors (Lipinski definition) is 2. The van der Waals surface area contributed by atoms with Crippen molar-refractivity contribution >= 4 is 16.9 Å². The lowest BCUT2D eigenvalue weighted by Gasteiger charge is -2.11. The molecule has 0 amide bonds. The lowest BCUT2D eigenvalue weighted by molar-refractivity contribution is -0.148. The molecule has 1 N–H and O–H groups in total. The molecule has 18 heavy (non-hydrogen) atoms. The van der Waals surface area contributed by atoms with Crippen LogP contribution in [0.4, 0.5) is 0 Å². The van der Waals surface area contributed by atoms with Gasteiger partial charge in [-0.15, -0.1) is 0 Å². The molecule has 0 aliphatic heterocycles. The largest absolute Gasteiger partial charge is 0.462 e. The number of carbonyl (C=O) groups is 1. The Balaban J connectivity index is 1.69. The molecule has 0 radical (unpaired) electrons. The Morgan fingerprint density at radius 1 is 1.44 bits per heavy atom. The van der Waals surface area contributed by atoms with Gasteiger partial charge in [0.25, 0.3) is 0 Å². The van der Waals surface area contributed by atoms with E-state index in [2.05, 4.69) is 4.98 Å². The Morgan fingerprint density at radius 2 is 2.22 bits per heavy atom. The van der Waals surface area contributed by atoms with Gasteiger partial charge in [0.1, 0.15) is 6.10 Å². The van der Waals surface area contributed by atoms with Gasteiger partial charge in [-0.25, -0.2) is 0 Å². The van der Waals surface area contributed by atoms with E-state index in [1.54, 1.807) is 0 Å². The second-order valence-electron chi connectivity index (χ2n) is 5.07. The standard InChI is InChI=1S/C15H17NO2/c1-10(11-6-7-11)18-15(17)8-12-9-16-14-5-3-2-4-13(12)14/h2-5,9-11,16H,6-8H2,1H3. The van der Waals surface area contributed by atoms with Crippen molar-refractivity contribution < 1.29 is 9.53 Å². The van der Waals surface area contributed by atoms with E-state index in [-0.39, 0.29) is 12.1 Å². The van der Waals surface area contributed by atoms with Crippen molar-refractivity contribution in [3.8, 4) is 0 Å². The molecule has 2 aromatic rings. The molecule has 1 atom stereocenters. The topological polar surface area (TPSA) is 42.1 Å². The zero-order valence-electron chi connectivity index (χ0n) is 10.5. The number of rotatable bonds is 4. The molecule has 1 aromatic carbocycles. The molecule has 1 aromatic heterocycles. The van der Waals surface area contributed by atoms with E-state index in [1.807, 2.05) is 37.4 Å². The Kier molecular flexibility index (Phi) is 2.82. The number of ether oxygens (including phenoxy) is 1. The highest BCUT2D eigenvalue weighted by molar-refractivity contribution is 5.87. The van der Waals surface area contributed by atoms with E-state index in [0.717, 1.165) is 16.5 Å². The number of H-pyrrole nitrogens is 1. The van der Waals surface area contributed by atoms with Crippen LogP contribution in [0, 0.1) is 5.92 Å². The van der Waals surface area contributed by atoms with Gasteiger partial charge in [0.2, 0.25) is 0 Å². The van der Waals surface area contributed by atoms with Crippen molar-refractivity contribution in [1.29, 1.82) is 0 Å².